The van der Waals surface area contributed by atoms with Gasteiger partial charge in [-0.1, -0.05) is 0 Å². The van der Waals surface area contributed by atoms with Gasteiger partial charge < -0.3 is 24.2 Å². The van der Waals surface area contributed by atoms with Crippen LogP contribution in [0.3, 0.4) is 0 Å². The van der Waals surface area contributed by atoms with Crippen molar-refractivity contribution in [2.24, 2.45) is 5.92 Å². The second kappa shape index (κ2) is 6.66. The fourth-order valence-electron chi connectivity index (χ4n) is 3.41. The molecule has 6 nitrogen and oxygen atoms in total. The van der Waals surface area contributed by atoms with Crippen molar-refractivity contribution in [3.63, 3.8) is 0 Å². The summed E-state index contributed by atoms with van der Waals surface area (Å²) < 4.78 is 16.6. The Balaban J connectivity index is 2.04. The van der Waals surface area contributed by atoms with Crippen LogP contribution >= 0.6 is 0 Å². The summed E-state index contributed by atoms with van der Waals surface area (Å²) in [5, 5.41) is 9.68. The summed E-state index contributed by atoms with van der Waals surface area (Å²) in [6, 6.07) is 3.80. The Labute approximate surface area is 135 Å². The number of aliphatic hydroxyl groups excluding tert-OH is 1. The fraction of sp³-hybridized carbons (Fsp3) is 0.588. The quantitative estimate of drug-likeness (QED) is 0.900. The second-order valence-corrected chi connectivity index (χ2v) is 5.77. The number of aliphatic hydroxyl groups is 1. The number of ether oxygens (including phenoxy) is 3. The number of rotatable bonds is 5. The van der Waals surface area contributed by atoms with E-state index in [4.69, 9.17) is 14.2 Å². The first-order valence-electron chi connectivity index (χ1n) is 8.16. The summed E-state index contributed by atoms with van der Waals surface area (Å²) in [6.45, 7) is 5.79. The van der Waals surface area contributed by atoms with Gasteiger partial charge in [0.25, 0.3) is 0 Å². The molecule has 0 radical (unpaired) electrons. The van der Waals surface area contributed by atoms with Gasteiger partial charge in [-0.3, -0.25) is 0 Å². The van der Waals surface area contributed by atoms with Crippen LogP contribution in [0.15, 0.2) is 12.1 Å². The predicted molar refractivity (Wildman–Crippen MR) is 83.9 cm³/mol. The first-order chi connectivity index (χ1) is 11.2. The minimum Gasteiger partial charge on any atom is -0.490 e. The standard InChI is InChI=1S/C17H23NO5/c1-3-21-14-7-11-5-6-18-16(12(9-19)10-23-17(18)20)13(11)8-15(14)22-4-2/h7-8,12,16,19H,3-6,9-10H2,1-2H3. The van der Waals surface area contributed by atoms with Gasteiger partial charge >= 0.3 is 6.09 Å². The molecule has 1 aromatic rings. The number of hydrogen-bond acceptors (Lipinski definition) is 5. The van der Waals surface area contributed by atoms with E-state index in [0.717, 1.165) is 23.3 Å². The molecule has 2 aliphatic rings. The van der Waals surface area contributed by atoms with Crippen LogP contribution in [0.5, 0.6) is 11.5 Å². The highest BCUT2D eigenvalue weighted by Gasteiger charge is 2.41. The van der Waals surface area contributed by atoms with Gasteiger partial charge in [0.1, 0.15) is 6.61 Å². The number of carbonyl (C=O) groups is 1. The van der Waals surface area contributed by atoms with E-state index >= 15 is 0 Å². The zero-order valence-corrected chi connectivity index (χ0v) is 13.6. The van der Waals surface area contributed by atoms with Crippen molar-refractivity contribution in [2.75, 3.05) is 33.0 Å². The van der Waals surface area contributed by atoms with Gasteiger partial charge in [-0.2, -0.15) is 0 Å². The zero-order chi connectivity index (χ0) is 16.4. The van der Waals surface area contributed by atoms with Gasteiger partial charge in [0, 0.05) is 12.5 Å². The molecule has 23 heavy (non-hydrogen) atoms. The number of carbonyl (C=O) groups excluding carboxylic acids is 1. The molecule has 0 aromatic heterocycles. The molecule has 1 N–H and O–H groups in total. The summed E-state index contributed by atoms with van der Waals surface area (Å²) in [5.74, 6) is 1.30. The largest absolute Gasteiger partial charge is 0.490 e. The maximum Gasteiger partial charge on any atom is 0.410 e. The van der Waals surface area contributed by atoms with Gasteiger partial charge in [-0.05, 0) is 43.5 Å². The Morgan fingerprint density at radius 2 is 1.96 bits per heavy atom. The van der Waals surface area contributed by atoms with Crippen molar-refractivity contribution < 1.29 is 24.1 Å². The number of amides is 1. The van der Waals surface area contributed by atoms with E-state index in [1.54, 1.807) is 4.90 Å². The highest BCUT2D eigenvalue weighted by Crippen LogP contribution is 2.43. The maximum absolute atomic E-state index is 12.0. The van der Waals surface area contributed by atoms with Crippen LogP contribution in [0.1, 0.15) is 31.0 Å². The molecular formula is C17H23NO5. The maximum atomic E-state index is 12.0. The fourth-order valence-corrected chi connectivity index (χ4v) is 3.41. The molecule has 2 unspecified atom stereocenters. The van der Waals surface area contributed by atoms with Crippen LogP contribution in [0.25, 0.3) is 0 Å². The SMILES string of the molecule is CCOc1cc2c(cc1OCC)C1C(CO)COC(=O)N1CC2. The lowest BCUT2D eigenvalue weighted by atomic mass is 9.84. The van der Waals surface area contributed by atoms with E-state index in [1.807, 2.05) is 26.0 Å². The van der Waals surface area contributed by atoms with Crippen LogP contribution in [-0.4, -0.2) is 49.1 Å². The molecule has 0 saturated carbocycles. The third-order valence-corrected chi connectivity index (χ3v) is 4.42. The molecule has 3 rings (SSSR count). The highest BCUT2D eigenvalue weighted by molar-refractivity contribution is 5.70. The first-order valence-corrected chi connectivity index (χ1v) is 8.16. The van der Waals surface area contributed by atoms with E-state index in [0.29, 0.717) is 25.5 Å². The number of benzene rings is 1. The monoisotopic (exact) mass is 321 g/mol. The summed E-state index contributed by atoms with van der Waals surface area (Å²) >= 11 is 0. The Morgan fingerprint density at radius 3 is 2.61 bits per heavy atom. The van der Waals surface area contributed by atoms with Gasteiger partial charge in [0.05, 0.1) is 25.9 Å². The van der Waals surface area contributed by atoms with Crippen molar-refractivity contribution in [1.29, 1.82) is 0 Å². The number of fused-ring (bicyclic) bond motifs is 3. The second-order valence-electron chi connectivity index (χ2n) is 5.77. The van der Waals surface area contributed by atoms with Crippen molar-refractivity contribution in [1.82, 2.24) is 4.90 Å². The lowest BCUT2D eigenvalue weighted by Gasteiger charge is -2.43. The molecule has 2 heterocycles. The lowest BCUT2D eigenvalue weighted by Crippen LogP contribution is -2.49. The van der Waals surface area contributed by atoms with Crippen molar-refractivity contribution >= 4 is 6.09 Å². The number of nitrogens with zero attached hydrogens (tertiary/aromatic N) is 1. The predicted octanol–water partition coefficient (Wildman–Crippen LogP) is 2.14. The third-order valence-electron chi connectivity index (χ3n) is 4.42. The number of cyclic esters (lactones) is 1. The van der Waals surface area contributed by atoms with Gasteiger partial charge in [0.15, 0.2) is 11.5 Å². The van der Waals surface area contributed by atoms with E-state index in [-0.39, 0.29) is 31.3 Å². The molecule has 2 atom stereocenters. The average Bonchev–Trinajstić information content (AvgIpc) is 2.56. The smallest absolute Gasteiger partial charge is 0.410 e. The molecule has 1 fully saturated rings. The van der Waals surface area contributed by atoms with Gasteiger partial charge in [-0.25, -0.2) is 4.79 Å². The first kappa shape index (κ1) is 15.9. The summed E-state index contributed by atoms with van der Waals surface area (Å²) in [6.07, 6.45) is 0.433. The van der Waals surface area contributed by atoms with Gasteiger partial charge in [-0.15, -0.1) is 0 Å². The molecule has 0 spiro atoms. The molecule has 1 aromatic carbocycles. The minimum atomic E-state index is -0.308. The Hall–Kier alpha value is -1.95. The molecule has 6 heteroatoms. The number of hydrogen-bond donors (Lipinski definition) is 1. The van der Waals surface area contributed by atoms with Crippen molar-refractivity contribution in [3.05, 3.63) is 23.3 Å². The molecule has 1 saturated heterocycles. The van der Waals surface area contributed by atoms with Crippen LogP contribution in [0.2, 0.25) is 0 Å². The Bertz CT molecular complexity index is 589. The Morgan fingerprint density at radius 1 is 1.26 bits per heavy atom. The van der Waals surface area contributed by atoms with E-state index < -0.39 is 0 Å². The van der Waals surface area contributed by atoms with Crippen LogP contribution in [-0.2, 0) is 11.2 Å². The molecule has 0 bridgehead atoms. The van der Waals surface area contributed by atoms with E-state index in [2.05, 4.69) is 0 Å². The normalized spacial score (nSPS) is 22.9. The van der Waals surface area contributed by atoms with Crippen molar-refractivity contribution in [2.45, 2.75) is 26.3 Å². The van der Waals surface area contributed by atoms with E-state index in [1.165, 1.54) is 0 Å². The summed E-state index contributed by atoms with van der Waals surface area (Å²) in [5.41, 5.74) is 2.17. The lowest BCUT2D eigenvalue weighted by molar-refractivity contribution is -0.0158. The minimum absolute atomic E-state index is 0.0228. The van der Waals surface area contributed by atoms with Crippen molar-refractivity contribution in [3.8, 4) is 11.5 Å². The molecule has 1 amide bonds. The van der Waals surface area contributed by atoms with Crippen LogP contribution < -0.4 is 9.47 Å². The molecular weight excluding hydrogens is 298 g/mol. The third kappa shape index (κ3) is 2.83. The highest BCUT2D eigenvalue weighted by atomic mass is 16.6. The zero-order valence-electron chi connectivity index (χ0n) is 13.6. The summed E-state index contributed by atoms with van der Waals surface area (Å²) in [4.78, 5) is 13.8. The average molecular weight is 321 g/mol. The van der Waals surface area contributed by atoms with Crippen LogP contribution in [0.4, 0.5) is 4.79 Å². The molecule has 0 aliphatic carbocycles. The molecule has 126 valence electrons. The van der Waals surface area contributed by atoms with E-state index in [9.17, 15) is 9.90 Å². The Kier molecular flexibility index (Phi) is 4.61. The molecule has 2 aliphatic heterocycles. The summed E-state index contributed by atoms with van der Waals surface area (Å²) in [7, 11) is 0. The van der Waals surface area contributed by atoms with Gasteiger partial charge in [0.2, 0.25) is 0 Å². The van der Waals surface area contributed by atoms with Crippen LogP contribution in [0, 0.1) is 5.92 Å². The topological polar surface area (TPSA) is 68.2 Å².